The fourth-order valence-corrected chi connectivity index (χ4v) is 5.28. The Balaban J connectivity index is 1.50. The van der Waals surface area contributed by atoms with Crippen molar-refractivity contribution >= 4 is 28.4 Å². The van der Waals surface area contributed by atoms with Crippen LogP contribution in [0.25, 0.3) is 10.9 Å². The molecule has 0 radical (unpaired) electrons. The number of aromatic amines is 1. The Labute approximate surface area is 208 Å². The number of benzene rings is 1. The van der Waals surface area contributed by atoms with Crippen molar-refractivity contribution in [3.05, 3.63) is 30.0 Å². The number of hydrogen-bond donors (Lipinski definition) is 2. The molecule has 2 fully saturated rings. The number of methoxy groups -OCH3 is 1. The number of aromatic nitrogens is 1. The number of nitrogens with zero attached hydrogens (tertiary/aromatic N) is 1. The molecule has 192 valence electrons. The van der Waals surface area contributed by atoms with Crippen LogP contribution in [0.3, 0.4) is 0 Å². The van der Waals surface area contributed by atoms with Gasteiger partial charge in [-0.05, 0) is 43.9 Å². The number of nitriles is 1. The van der Waals surface area contributed by atoms with Gasteiger partial charge in [-0.15, -0.1) is 0 Å². The van der Waals surface area contributed by atoms with Crippen LogP contribution in [0.5, 0.6) is 5.75 Å². The van der Waals surface area contributed by atoms with Gasteiger partial charge >= 0.3 is 0 Å². The van der Waals surface area contributed by atoms with Crippen LogP contribution in [0.4, 0.5) is 8.78 Å². The molecule has 2 saturated carbocycles. The van der Waals surface area contributed by atoms with E-state index in [0.29, 0.717) is 29.5 Å². The first-order valence-electron chi connectivity index (χ1n) is 12.4. The normalized spacial score (nSPS) is 24.5. The highest BCUT2D eigenvalue weighted by molar-refractivity contribution is 6.02. The molecule has 0 bridgehead atoms. The summed E-state index contributed by atoms with van der Waals surface area (Å²) < 4.78 is 33.4. The summed E-state index contributed by atoms with van der Waals surface area (Å²) in [5.74, 6) is -4.57. The highest BCUT2D eigenvalue weighted by Crippen LogP contribution is 2.63. The number of carbonyl (C=O) groups is 3. The first-order valence-corrected chi connectivity index (χ1v) is 12.4. The van der Waals surface area contributed by atoms with Gasteiger partial charge in [0.25, 0.3) is 5.92 Å². The van der Waals surface area contributed by atoms with Gasteiger partial charge in [-0.1, -0.05) is 19.4 Å². The Kier molecular flexibility index (Phi) is 7.17. The molecule has 1 aromatic heterocycles. The minimum absolute atomic E-state index is 0.0850. The van der Waals surface area contributed by atoms with Crippen LogP contribution >= 0.6 is 0 Å². The summed E-state index contributed by atoms with van der Waals surface area (Å²) in [6.45, 7) is 1.41. The number of hydrogen-bond acceptors (Lipinski definition) is 5. The van der Waals surface area contributed by atoms with Gasteiger partial charge in [-0.3, -0.25) is 14.4 Å². The third-order valence-electron chi connectivity index (χ3n) is 7.69. The van der Waals surface area contributed by atoms with Crippen LogP contribution < -0.4 is 10.1 Å². The number of nitrogens with one attached hydrogen (secondary N) is 2. The molecule has 2 aromatic rings. The maximum atomic E-state index is 14.0. The van der Waals surface area contributed by atoms with Crippen LogP contribution in [-0.4, -0.2) is 41.5 Å². The number of alkyl halides is 2. The predicted octanol–water partition coefficient (Wildman–Crippen LogP) is 4.96. The minimum Gasteiger partial charge on any atom is -0.496 e. The van der Waals surface area contributed by atoms with E-state index in [1.54, 1.807) is 24.3 Å². The Hall–Kier alpha value is -3.28. The van der Waals surface area contributed by atoms with Crippen molar-refractivity contribution in [3.8, 4) is 11.8 Å². The fourth-order valence-electron chi connectivity index (χ4n) is 5.28. The molecule has 1 unspecified atom stereocenters. The number of amides is 1. The van der Waals surface area contributed by atoms with Crippen molar-refractivity contribution in [2.24, 2.45) is 17.3 Å². The molecule has 0 spiro atoms. The number of H-pyrrole nitrogens is 1. The lowest BCUT2D eigenvalue weighted by atomic mass is 9.83. The molecule has 2 aliphatic rings. The molecule has 0 aliphatic heterocycles. The minimum atomic E-state index is -2.90. The summed E-state index contributed by atoms with van der Waals surface area (Å²) in [5, 5.41) is 12.9. The van der Waals surface area contributed by atoms with Gasteiger partial charge in [0.05, 0.1) is 18.9 Å². The molecule has 4 atom stereocenters. The zero-order valence-corrected chi connectivity index (χ0v) is 20.5. The zero-order valence-electron chi connectivity index (χ0n) is 20.5. The van der Waals surface area contributed by atoms with E-state index in [4.69, 9.17) is 4.74 Å². The van der Waals surface area contributed by atoms with Gasteiger partial charge in [0, 0.05) is 47.4 Å². The van der Waals surface area contributed by atoms with Crippen molar-refractivity contribution in [2.45, 2.75) is 70.3 Å². The lowest BCUT2D eigenvalue weighted by Gasteiger charge is -2.25. The van der Waals surface area contributed by atoms with E-state index < -0.39 is 35.0 Å². The summed E-state index contributed by atoms with van der Waals surface area (Å²) in [6, 6.07) is 8.06. The highest BCUT2D eigenvalue weighted by atomic mass is 19.3. The van der Waals surface area contributed by atoms with E-state index in [1.165, 1.54) is 14.0 Å². The average Bonchev–Trinajstić information content (AvgIpc) is 3.15. The number of carbonyl (C=O) groups excluding carboxylic acids is 3. The smallest absolute Gasteiger partial charge is 0.254 e. The van der Waals surface area contributed by atoms with Gasteiger partial charge in [0.2, 0.25) is 5.91 Å². The number of rotatable bonds is 10. The van der Waals surface area contributed by atoms with E-state index in [0.717, 1.165) is 12.8 Å². The quantitative estimate of drug-likeness (QED) is 0.449. The van der Waals surface area contributed by atoms with E-state index >= 15 is 0 Å². The first-order chi connectivity index (χ1) is 17.1. The average molecular weight is 500 g/mol. The first kappa shape index (κ1) is 25.8. The Bertz CT molecular complexity index is 1220. The molecule has 4 rings (SSSR count). The third kappa shape index (κ3) is 5.28. The molecular formula is C27H31F2N3O4. The summed E-state index contributed by atoms with van der Waals surface area (Å²) in [6.07, 6.45) is 2.24. The van der Waals surface area contributed by atoms with Crippen molar-refractivity contribution in [1.29, 1.82) is 5.26 Å². The van der Waals surface area contributed by atoms with Gasteiger partial charge in [0.1, 0.15) is 17.6 Å². The second-order valence-corrected chi connectivity index (χ2v) is 10.4. The number of ether oxygens (including phenoxy) is 1. The van der Waals surface area contributed by atoms with Crippen molar-refractivity contribution in [2.75, 3.05) is 7.11 Å². The lowest BCUT2D eigenvalue weighted by molar-refractivity contribution is -0.128. The molecule has 1 heterocycles. The second-order valence-electron chi connectivity index (χ2n) is 10.4. The predicted molar refractivity (Wildman–Crippen MR) is 129 cm³/mol. The Morgan fingerprint density at radius 2 is 2.08 bits per heavy atom. The van der Waals surface area contributed by atoms with Crippen LogP contribution in [0, 0.1) is 28.6 Å². The monoisotopic (exact) mass is 499 g/mol. The van der Waals surface area contributed by atoms with Crippen molar-refractivity contribution < 1.29 is 27.9 Å². The lowest BCUT2D eigenvalue weighted by Crippen LogP contribution is -2.41. The number of fused-ring (bicyclic) bond motifs is 1. The molecule has 2 N–H and O–H groups in total. The summed E-state index contributed by atoms with van der Waals surface area (Å²) in [5.41, 5.74) is -0.439. The maximum absolute atomic E-state index is 14.0. The molecule has 0 saturated heterocycles. The van der Waals surface area contributed by atoms with Crippen LogP contribution in [-0.2, 0) is 9.59 Å². The van der Waals surface area contributed by atoms with E-state index in [1.807, 2.05) is 6.07 Å². The molecular weight excluding hydrogens is 468 g/mol. The maximum Gasteiger partial charge on any atom is 0.254 e. The standard InChI is InChI=1S/C27H31F2N3O4/c1-26(15-27(26,28)29)13-17(25(35)31-18(14-30)10-16-6-3-4-8-22(16)33)11-23(34)21-12-19-20(32-21)7-5-9-24(19)36-2/h5,7,9,12,16-18,32H,3-4,6,8,10-11,13,15H2,1-2H3,(H,31,35)/t16-,17-,18-,26?/m0/s1. The number of halogens is 2. The van der Waals surface area contributed by atoms with Gasteiger partial charge < -0.3 is 15.0 Å². The van der Waals surface area contributed by atoms with E-state index in [9.17, 15) is 28.4 Å². The molecule has 1 aromatic carbocycles. The van der Waals surface area contributed by atoms with Gasteiger partial charge in [-0.2, -0.15) is 5.26 Å². The Morgan fingerprint density at radius 1 is 1.33 bits per heavy atom. The van der Waals surface area contributed by atoms with Crippen molar-refractivity contribution in [3.63, 3.8) is 0 Å². The molecule has 36 heavy (non-hydrogen) atoms. The highest BCUT2D eigenvalue weighted by Gasteiger charge is 2.68. The molecule has 7 nitrogen and oxygen atoms in total. The second kappa shape index (κ2) is 10.00. The number of Topliss-reactive ketones (excluding diaryl/α,β-unsaturated/α-hetero) is 2. The van der Waals surface area contributed by atoms with Gasteiger partial charge in [0.15, 0.2) is 5.78 Å². The molecule has 1 amide bonds. The fraction of sp³-hybridized carbons (Fsp3) is 0.556. The molecule has 2 aliphatic carbocycles. The SMILES string of the molecule is COc1cccc2[nH]c(C(=O)C[C@@H](CC3(C)CC3(F)F)C(=O)N[C@H](C#N)C[C@@H]3CCCCC3=O)cc12. The number of ketones is 2. The van der Waals surface area contributed by atoms with E-state index in [2.05, 4.69) is 10.3 Å². The molecule has 9 heteroatoms. The van der Waals surface area contributed by atoms with Crippen LogP contribution in [0.2, 0.25) is 0 Å². The van der Waals surface area contributed by atoms with Crippen LogP contribution in [0.15, 0.2) is 24.3 Å². The summed E-state index contributed by atoms with van der Waals surface area (Å²) in [4.78, 5) is 41.6. The van der Waals surface area contributed by atoms with Gasteiger partial charge in [-0.25, -0.2) is 8.78 Å². The largest absolute Gasteiger partial charge is 0.496 e. The van der Waals surface area contributed by atoms with Crippen LogP contribution in [0.1, 0.15) is 68.8 Å². The topological polar surface area (TPSA) is 112 Å². The Morgan fingerprint density at radius 3 is 2.72 bits per heavy atom. The third-order valence-corrected chi connectivity index (χ3v) is 7.69. The van der Waals surface area contributed by atoms with Crippen molar-refractivity contribution in [1.82, 2.24) is 10.3 Å². The van der Waals surface area contributed by atoms with E-state index in [-0.39, 0.29) is 43.1 Å². The zero-order chi connectivity index (χ0) is 26.1. The summed E-state index contributed by atoms with van der Waals surface area (Å²) >= 11 is 0. The summed E-state index contributed by atoms with van der Waals surface area (Å²) in [7, 11) is 1.52.